The Morgan fingerprint density at radius 3 is 1.95 bits per heavy atom. The first-order valence-electron chi connectivity index (χ1n) is 11.9. The van der Waals surface area contributed by atoms with E-state index in [0.717, 1.165) is 0 Å². The summed E-state index contributed by atoms with van der Waals surface area (Å²) in [5.74, 6) is 0.961. The molecule has 0 bridgehead atoms. The highest BCUT2D eigenvalue weighted by atomic mass is 32.1. The third-order valence-electron chi connectivity index (χ3n) is 5.83. The van der Waals surface area contributed by atoms with Gasteiger partial charge in [0.25, 0.3) is 11.8 Å². The van der Waals surface area contributed by atoms with E-state index in [4.69, 9.17) is 27.0 Å². The summed E-state index contributed by atoms with van der Waals surface area (Å²) >= 11 is 5.29. The molecule has 9 heteroatoms. The smallest absolute Gasteiger partial charge is 0.270 e. The molecule has 1 saturated heterocycles. The molecule has 1 N–H and O–H groups in total. The molecule has 5 rings (SSSR count). The number of ether oxygens (including phenoxy) is 2. The fourth-order valence-corrected chi connectivity index (χ4v) is 4.17. The van der Waals surface area contributed by atoms with Gasteiger partial charge in [0.2, 0.25) is 0 Å². The number of rotatable bonds is 6. The Labute approximate surface area is 234 Å². The molecule has 0 spiro atoms. The monoisotopic (exact) mass is 542 g/mol. The summed E-state index contributed by atoms with van der Waals surface area (Å²) < 4.78 is 11.6. The largest absolute Gasteiger partial charge is 0.457 e. The lowest BCUT2D eigenvalue weighted by Gasteiger charge is -2.29. The molecule has 8 nitrogen and oxygen atoms in total. The zero-order chi connectivity index (χ0) is 28.1. The van der Waals surface area contributed by atoms with Gasteiger partial charge in [-0.3, -0.25) is 19.8 Å². The Morgan fingerprint density at radius 2 is 1.30 bits per heavy atom. The molecule has 4 aromatic rings. The molecule has 0 unspecified atom stereocenters. The number of anilines is 1. The minimum absolute atomic E-state index is 0.0215. The van der Waals surface area contributed by atoms with Crippen molar-refractivity contribution in [2.45, 2.75) is 0 Å². The van der Waals surface area contributed by atoms with Gasteiger partial charge in [-0.1, -0.05) is 30.3 Å². The highest BCUT2D eigenvalue weighted by molar-refractivity contribution is 7.80. The van der Waals surface area contributed by atoms with Gasteiger partial charge in [0, 0.05) is 0 Å². The molecule has 0 aromatic heterocycles. The fraction of sp³-hybridized carbons (Fsp3) is 0. The van der Waals surface area contributed by atoms with Crippen LogP contribution in [-0.2, 0) is 9.59 Å². The first-order valence-corrected chi connectivity index (χ1v) is 12.3. The topological polar surface area (TPSA) is 115 Å². The van der Waals surface area contributed by atoms with Crippen LogP contribution in [0.2, 0.25) is 0 Å². The van der Waals surface area contributed by atoms with Crippen molar-refractivity contribution in [1.82, 2.24) is 5.32 Å². The third kappa shape index (κ3) is 5.55. The van der Waals surface area contributed by atoms with E-state index in [1.54, 1.807) is 54.6 Å². The van der Waals surface area contributed by atoms with Crippen LogP contribution in [0.5, 0.6) is 23.0 Å². The number of thiocarbonyl (C=S) groups is 1. The first-order chi connectivity index (χ1) is 19.4. The van der Waals surface area contributed by atoms with Crippen LogP contribution < -0.4 is 19.7 Å². The van der Waals surface area contributed by atoms with Gasteiger partial charge in [-0.15, -0.1) is 0 Å². The average Bonchev–Trinajstić information content (AvgIpc) is 2.97. The van der Waals surface area contributed by atoms with Crippen molar-refractivity contribution in [3.05, 3.63) is 119 Å². The lowest BCUT2D eigenvalue weighted by molar-refractivity contribution is -0.122. The van der Waals surface area contributed by atoms with Crippen LogP contribution in [0.4, 0.5) is 5.69 Å². The van der Waals surface area contributed by atoms with E-state index in [1.165, 1.54) is 23.1 Å². The second-order valence-corrected chi connectivity index (χ2v) is 8.86. The summed E-state index contributed by atoms with van der Waals surface area (Å²) in [5, 5.41) is 20.8. The van der Waals surface area contributed by atoms with Gasteiger partial charge in [-0.25, -0.2) is 0 Å². The average molecular weight is 543 g/mol. The quantitative estimate of drug-likeness (QED) is 0.185. The molecule has 0 aliphatic carbocycles. The second-order valence-electron chi connectivity index (χ2n) is 8.47. The number of para-hydroxylation sites is 1. The number of hydrogen-bond donors (Lipinski definition) is 1. The fourth-order valence-electron chi connectivity index (χ4n) is 3.89. The van der Waals surface area contributed by atoms with E-state index in [9.17, 15) is 14.9 Å². The van der Waals surface area contributed by atoms with Crippen molar-refractivity contribution in [2.75, 3.05) is 4.90 Å². The molecular weight excluding hydrogens is 524 g/mol. The third-order valence-corrected chi connectivity index (χ3v) is 6.12. The van der Waals surface area contributed by atoms with Gasteiger partial charge in [0.15, 0.2) is 5.11 Å². The van der Waals surface area contributed by atoms with Crippen molar-refractivity contribution >= 4 is 40.9 Å². The molecular formula is C31H18N4O4S. The van der Waals surface area contributed by atoms with Crippen LogP contribution in [-0.4, -0.2) is 16.9 Å². The maximum Gasteiger partial charge on any atom is 0.270 e. The van der Waals surface area contributed by atoms with Gasteiger partial charge in [-0.2, -0.15) is 10.5 Å². The number of hydrogen-bond acceptors (Lipinski definition) is 7. The van der Waals surface area contributed by atoms with E-state index in [-0.39, 0.29) is 21.8 Å². The van der Waals surface area contributed by atoms with Crippen molar-refractivity contribution in [3.8, 4) is 35.1 Å². The van der Waals surface area contributed by atoms with Gasteiger partial charge in [-0.05, 0) is 90.6 Å². The van der Waals surface area contributed by atoms with Crippen molar-refractivity contribution in [1.29, 1.82) is 10.5 Å². The Bertz CT molecular complexity index is 1740. The van der Waals surface area contributed by atoms with Crippen molar-refractivity contribution in [2.24, 2.45) is 0 Å². The van der Waals surface area contributed by atoms with Crippen molar-refractivity contribution < 1.29 is 19.1 Å². The maximum atomic E-state index is 13.4. The minimum atomic E-state index is -0.600. The standard InChI is InChI=1S/C31H18N4O4S/c32-18-21-8-13-27(17-22(21)19-33)39-25-11-6-20(7-12-25)16-28-29(36)34-31(40)35(30(28)37)23-9-14-26(15-10-23)38-24-4-2-1-3-5-24/h1-17H,(H,34,36,40). The van der Waals surface area contributed by atoms with Crippen LogP contribution >= 0.6 is 12.2 Å². The van der Waals surface area contributed by atoms with Crippen LogP contribution in [0, 0.1) is 22.7 Å². The Balaban J connectivity index is 1.33. The molecule has 40 heavy (non-hydrogen) atoms. The normalized spacial score (nSPS) is 13.8. The number of carbonyl (C=O) groups is 2. The summed E-state index contributed by atoms with van der Waals surface area (Å²) in [6.45, 7) is 0. The summed E-state index contributed by atoms with van der Waals surface area (Å²) in [4.78, 5) is 27.3. The van der Waals surface area contributed by atoms with E-state index < -0.39 is 11.8 Å². The number of amides is 2. The van der Waals surface area contributed by atoms with Crippen LogP contribution in [0.15, 0.2) is 103 Å². The van der Waals surface area contributed by atoms with Gasteiger partial charge < -0.3 is 9.47 Å². The molecule has 192 valence electrons. The molecule has 2 amide bonds. The Kier molecular flexibility index (Phi) is 7.32. The van der Waals surface area contributed by atoms with Crippen LogP contribution in [0.25, 0.3) is 6.08 Å². The number of nitrogens with zero attached hydrogens (tertiary/aromatic N) is 3. The summed E-state index contributed by atoms with van der Waals surface area (Å²) in [5.41, 5.74) is 1.45. The zero-order valence-electron chi connectivity index (χ0n) is 20.7. The predicted molar refractivity (Wildman–Crippen MR) is 152 cm³/mol. The molecule has 1 aliphatic rings. The molecule has 4 aromatic carbocycles. The van der Waals surface area contributed by atoms with E-state index in [1.807, 2.05) is 42.5 Å². The first kappa shape index (κ1) is 25.9. The van der Waals surface area contributed by atoms with Gasteiger partial charge in [0.1, 0.15) is 40.7 Å². The molecule has 1 heterocycles. The van der Waals surface area contributed by atoms with E-state index >= 15 is 0 Å². The summed E-state index contributed by atoms with van der Waals surface area (Å²) in [6, 6.07) is 31.3. The number of carbonyl (C=O) groups excluding carboxylic acids is 2. The number of nitrogens with one attached hydrogen (secondary N) is 1. The highest BCUT2D eigenvalue weighted by Gasteiger charge is 2.34. The predicted octanol–water partition coefficient (Wildman–Crippen LogP) is 5.85. The number of nitriles is 2. The zero-order valence-corrected chi connectivity index (χ0v) is 21.5. The summed E-state index contributed by atoms with van der Waals surface area (Å²) in [6.07, 6.45) is 1.47. The van der Waals surface area contributed by atoms with Crippen molar-refractivity contribution in [3.63, 3.8) is 0 Å². The molecule has 0 atom stereocenters. The van der Waals surface area contributed by atoms with Gasteiger partial charge in [0.05, 0.1) is 16.8 Å². The molecule has 1 fully saturated rings. The molecule has 0 saturated carbocycles. The molecule has 0 radical (unpaired) electrons. The second kappa shape index (κ2) is 11.3. The number of benzene rings is 4. The van der Waals surface area contributed by atoms with Crippen LogP contribution in [0.1, 0.15) is 16.7 Å². The highest BCUT2D eigenvalue weighted by Crippen LogP contribution is 2.28. The van der Waals surface area contributed by atoms with Gasteiger partial charge >= 0.3 is 0 Å². The minimum Gasteiger partial charge on any atom is -0.457 e. The lowest BCUT2D eigenvalue weighted by Crippen LogP contribution is -2.54. The lowest BCUT2D eigenvalue weighted by atomic mass is 10.1. The molecule has 1 aliphatic heterocycles. The van der Waals surface area contributed by atoms with E-state index in [2.05, 4.69) is 5.32 Å². The Morgan fingerprint density at radius 1 is 0.725 bits per heavy atom. The summed E-state index contributed by atoms with van der Waals surface area (Å²) in [7, 11) is 0. The van der Waals surface area contributed by atoms with Crippen LogP contribution in [0.3, 0.4) is 0 Å². The van der Waals surface area contributed by atoms with E-state index in [0.29, 0.717) is 34.2 Å². The Hall–Kier alpha value is -5.77. The maximum absolute atomic E-state index is 13.4. The SMILES string of the molecule is N#Cc1ccc(Oc2ccc(C=C3C(=O)NC(=S)N(c4ccc(Oc5ccccc5)cc4)C3=O)cc2)cc1C#N.